The van der Waals surface area contributed by atoms with Gasteiger partial charge in [-0.1, -0.05) is 30.2 Å². The van der Waals surface area contributed by atoms with Gasteiger partial charge in [-0.15, -0.1) is 0 Å². The van der Waals surface area contributed by atoms with Crippen molar-refractivity contribution in [1.82, 2.24) is 20.5 Å². The van der Waals surface area contributed by atoms with E-state index in [0.717, 1.165) is 44.0 Å². The minimum absolute atomic E-state index is 0.0209. The second-order valence-electron chi connectivity index (χ2n) is 10.1. The molecule has 1 saturated carbocycles. The fourth-order valence-corrected chi connectivity index (χ4v) is 6.06. The van der Waals surface area contributed by atoms with Gasteiger partial charge in [0.15, 0.2) is 0 Å². The molecule has 2 aliphatic heterocycles. The third-order valence-electron chi connectivity index (χ3n) is 7.88. The standard InChI is InChI=1S/C25H30ClN5O3/c26-18-6-1-4-15-11-19(30-21(15)18)24(34)31-14-25(7-3-8-25)12-20(31)23(33)29-17(13-27)10-16-5-2-9-28-22(16)32/h1,4,6,11,16-17,20,22,28,30,32H,2-3,5,7-10,12,14H2,(H,29,33). The Morgan fingerprint density at radius 1 is 1.35 bits per heavy atom. The Kier molecular flexibility index (Phi) is 6.28. The number of aromatic amines is 1. The summed E-state index contributed by atoms with van der Waals surface area (Å²) in [6.07, 6.45) is 5.16. The van der Waals surface area contributed by atoms with Gasteiger partial charge in [-0.3, -0.25) is 14.9 Å². The van der Waals surface area contributed by atoms with Crippen LogP contribution in [-0.4, -0.2) is 58.2 Å². The van der Waals surface area contributed by atoms with Crippen LogP contribution in [0.1, 0.15) is 55.4 Å². The first-order chi connectivity index (χ1) is 16.4. The number of H-pyrrole nitrogens is 1. The summed E-state index contributed by atoms with van der Waals surface area (Å²) in [4.78, 5) is 31.7. The predicted octanol–water partition coefficient (Wildman–Crippen LogP) is 2.92. The van der Waals surface area contributed by atoms with Gasteiger partial charge in [-0.25, -0.2) is 0 Å². The first-order valence-corrected chi connectivity index (χ1v) is 12.5. The van der Waals surface area contributed by atoms with E-state index in [0.29, 0.717) is 35.6 Å². The third kappa shape index (κ3) is 4.28. The highest BCUT2D eigenvalue weighted by molar-refractivity contribution is 6.35. The van der Waals surface area contributed by atoms with E-state index >= 15 is 0 Å². The quantitative estimate of drug-likeness (QED) is 0.521. The molecule has 1 spiro atoms. The van der Waals surface area contributed by atoms with Gasteiger partial charge in [-0.05, 0) is 62.6 Å². The Morgan fingerprint density at radius 3 is 2.85 bits per heavy atom. The number of aliphatic hydroxyl groups is 1. The second kappa shape index (κ2) is 9.21. The van der Waals surface area contributed by atoms with Crippen molar-refractivity contribution in [2.24, 2.45) is 11.3 Å². The summed E-state index contributed by atoms with van der Waals surface area (Å²) in [7, 11) is 0. The molecule has 1 aliphatic carbocycles. The van der Waals surface area contributed by atoms with Crippen LogP contribution in [0.2, 0.25) is 5.02 Å². The zero-order chi connectivity index (χ0) is 23.9. The minimum atomic E-state index is -0.714. The molecule has 3 heterocycles. The lowest BCUT2D eigenvalue weighted by Crippen LogP contribution is -2.50. The molecule has 180 valence electrons. The molecule has 2 aromatic rings. The number of nitrogens with one attached hydrogen (secondary N) is 3. The van der Waals surface area contributed by atoms with Crippen molar-refractivity contribution in [2.75, 3.05) is 13.1 Å². The van der Waals surface area contributed by atoms with E-state index in [1.165, 1.54) is 0 Å². The van der Waals surface area contributed by atoms with Crippen molar-refractivity contribution in [3.63, 3.8) is 0 Å². The number of rotatable bonds is 5. The van der Waals surface area contributed by atoms with Crippen LogP contribution < -0.4 is 10.6 Å². The molecule has 4 unspecified atom stereocenters. The summed E-state index contributed by atoms with van der Waals surface area (Å²) in [6, 6.07) is 8.11. The summed E-state index contributed by atoms with van der Waals surface area (Å²) in [5, 5.41) is 27.2. The van der Waals surface area contributed by atoms with Crippen LogP contribution in [0.4, 0.5) is 0 Å². The maximum atomic E-state index is 13.6. The number of nitrogens with zero attached hydrogens (tertiary/aromatic N) is 2. The average Bonchev–Trinajstić information content (AvgIpc) is 3.43. The number of carbonyl (C=O) groups is 2. The summed E-state index contributed by atoms with van der Waals surface area (Å²) >= 11 is 6.28. The van der Waals surface area contributed by atoms with Crippen molar-refractivity contribution in [3.8, 4) is 6.07 Å². The van der Waals surface area contributed by atoms with E-state index in [9.17, 15) is 20.0 Å². The van der Waals surface area contributed by atoms with E-state index < -0.39 is 18.3 Å². The van der Waals surface area contributed by atoms with Crippen LogP contribution >= 0.6 is 11.6 Å². The van der Waals surface area contributed by atoms with Gasteiger partial charge in [-0.2, -0.15) is 5.26 Å². The molecule has 8 nitrogen and oxygen atoms in total. The molecule has 4 N–H and O–H groups in total. The average molecular weight is 484 g/mol. The summed E-state index contributed by atoms with van der Waals surface area (Å²) in [5.41, 5.74) is 1.09. The number of amides is 2. The van der Waals surface area contributed by atoms with Crippen LogP contribution in [-0.2, 0) is 4.79 Å². The second-order valence-corrected chi connectivity index (χ2v) is 10.5. The van der Waals surface area contributed by atoms with E-state index in [-0.39, 0.29) is 23.1 Å². The van der Waals surface area contributed by atoms with Crippen LogP contribution in [0, 0.1) is 22.7 Å². The monoisotopic (exact) mass is 483 g/mol. The van der Waals surface area contributed by atoms with Gasteiger partial charge >= 0.3 is 0 Å². The smallest absolute Gasteiger partial charge is 0.271 e. The number of likely N-dealkylation sites (tertiary alicyclic amines) is 1. The van der Waals surface area contributed by atoms with Gasteiger partial charge < -0.3 is 20.3 Å². The fraction of sp³-hybridized carbons (Fsp3) is 0.560. The van der Waals surface area contributed by atoms with Gasteiger partial charge in [0.1, 0.15) is 24.0 Å². The lowest BCUT2D eigenvalue weighted by Gasteiger charge is -2.37. The molecule has 4 atom stereocenters. The lowest BCUT2D eigenvalue weighted by atomic mass is 9.67. The number of nitriles is 1. The number of fused-ring (bicyclic) bond motifs is 1. The van der Waals surface area contributed by atoms with E-state index in [1.54, 1.807) is 17.0 Å². The van der Waals surface area contributed by atoms with Crippen LogP contribution in [0.25, 0.3) is 10.9 Å². The van der Waals surface area contributed by atoms with E-state index in [2.05, 4.69) is 21.7 Å². The van der Waals surface area contributed by atoms with Crippen LogP contribution in [0.5, 0.6) is 0 Å². The number of halogens is 1. The van der Waals surface area contributed by atoms with Crippen molar-refractivity contribution >= 4 is 34.3 Å². The molecule has 5 rings (SSSR count). The highest BCUT2D eigenvalue weighted by Crippen LogP contribution is 2.50. The van der Waals surface area contributed by atoms with Crippen molar-refractivity contribution < 1.29 is 14.7 Å². The van der Waals surface area contributed by atoms with Crippen LogP contribution in [0.15, 0.2) is 24.3 Å². The SMILES string of the molecule is N#CC(CC1CCCNC1O)NC(=O)C1CC2(CCC2)CN1C(=O)c1cc2cccc(Cl)c2[nH]1. The van der Waals surface area contributed by atoms with Gasteiger partial charge in [0.05, 0.1) is 16.6 Å². The number of aromatic nitrogens is 1. The Morgan fingerprint density at radius 2 is 2.18 bits per heavy atom. The topological polar surface area (TPSA) is 121 Å². The molecular formula is C25H30ClN5O3. The molecule has 34 heavy (non-hydrogen) atoms. The number of aliphatic hydroxyl groups excluding tert-OH is 1. The van der Waals surface area contributed by atoms with Gasteiger partial charge in [0.2, 0.25) is 5.91 Å². The highest BCUT2D eigenvalue weighted by Gasteiger charge is 2.52. The largest absolute Gasteiger partial charge is 0.378 e. The van der Waals surface area contributed by atoms with E-state index in [4.69, 9.17) is 11.6 Å². The summed E-state index contributed by atoms with van der Waals surface area (Å²) < 4.78 is 0. The lowest BCUT2D eigenvalue weighted by molar-refractivity contribution is -0.125. The molecule has 1 aromatic heterocycles. The first-order valence-electron chi connectivity index (χ1n) is 12.1. The summed E-state index contributed by atoms with van der Waals surface area (Å²) in [5.74, 6) is -0.609. The predicted molar refractivity (Wildman–Crippen MR) is 128 cm³/mol. The minimum Gasteiger partial charge on any atom is -0.378 e. The molecule has 1 aromatic carbocycles. The number of hydrogen-bond acceptors (Lipinski definition) is 5. The Labute approximate surface area is 203 Å². The third-order valence-corrected chi connectivity index (χ3v) is 8.20. The van der Waals surface area contributed by atoms with Crippen molar-refractivity contribution in [3.05, 3.63) is 35.0 Å². The van der Waals surface area contributed by atoms with Gasteiger partial charge in [0.25, 0.3) is 5.91 Å². The molecule has 2 amide bonds. The molecule has 0 bridgehead atoms. The fourth-order valence-electron chi connectivity index (χ4n) is 5.83. The molecule has 2 saturated heterocycles. The molecule has 3 aliphatic rings. The number of benzene rings is 1. The number of carbonyl (C=O) groups excluding carboxylic acids is 2. The zero-order valence-corrected chi connectivity index (χ0v) is 19.8. The van der Waals surface area contributed by atoms with Gasteiger partial charge in [0, 0.05) is 17.8 Å². The van der Waals surface area contributed by atoms with Crippen molar-refractivity contribution in [1.29, 1.82) is 5.26 Å². The maximum absolute atomic E-state index is 13.6. The number of piperidine rings is 1. The highest BCUT2D eigenvalue weighted by atomic mass is 35.5. The molecule has 9 heteroatoms. The molecule has 3 fully saturated rings. The Bertz CT molecular complexity index is 1140. The number of para-hydroxylation sites is 1. The van der Waals surface area contributed by atoms with E-state index in [1.807, 2.05) is 12.1 Å². The zero-order valence-electron chi connectivity index (χ0n) is 19.0. The summed E-state index contributed by atoms with van der Waals surface area (Å²) in [6.45, 7) is 1.29. The Balaban J connectivity index is 1.34. The first kappa shape index (κ1) is 23.2. The van der Waals surface area contributed by atoms with Crippen LogP contribution in [0.3, 0.4) is 0 Å². The Hall–Kier alpha value is -2.60. The number of hydrogen-bond donors (Lipinski definition) is 4. The van der Waals surface area contributed by atoms with Crippen molar-refractivity contribution in [2.45, 2.75) is 63.3 Å². The molecule has 0 radical (unpaired) electrons. The molecular weight excluding hydrogens is 454 g/mol. The normalized spacial score (nSPS) is 26.7. The maximum Gasteiger partial charge on any atom is 0.271 e.